The quantitative estimate of drug-likeness (QED) is 0.649. The van der Waals surface area contributed by atoms with Crippen LogP contribution in [0.2, 0.25) is 5.02 Å². The Morgan fingerprint density at radius 1 is 1.16 bits per heavy atom. The zero-order valence-electron chi connectivity index (χ0n) is 16.9. The average Bonchev–Trinajstić information content (AvgIpc) is 3.18. The number of thioether (sulfide) groups is 1. The second-order valence-electron chi connectivity index (χ2n) is 7.30. The van der Waals surface area contributed by atoms with E-state index in [1.807, 2.05) is 11.0 Å². The number of benzene rings is 2. The number of carbonyl (C=O) groups excluding carboxylic acids is 1. The van der Waals surface area contributed by atoms with Gasteiger partial charge in [0.15, 0.2) is 26.5 Å². The maximum atomic E-state index is 12.8. The first kappa shape index (κ1) is 22.0. The minimum atomic E-state index is -3.13. The molecule has 10 heteroatoms. The molecule has 2 atom stereocenters. The number of hydrogen-bond donors (Lipinski definition) is 0. The van der Waals surface area contributed by atoms with E-state index in [9.17, 15) is 13.2 Å². The molecule has 2 saturated heterocycles. The molecule has 164 valence electrons. The fourth-order valence-electron chi connectivity index (χ4n) is 3.80. The third kappa shape index (κ3) is 4.68. The molecule has 0 saturated carbocycles. The van der Waals surface area contributed by atoms with Crippen LogP contribution >= 0.6 is 23.4 Å². The van der Waals surface area contributed by atoms with Crippen LogP contribution in [0.5, 0.6) is 11.5 Å². The number of fused-ring (bicyclic) bond motifs is 1. The Hall–Kier alpha value is -2.23. The van der Waals surface area contributed by atoms with Gasteiger partial charge in [-0.05, 0) is 35.9 Å². The van der Waals surface area contributed by atoms with Crippen molar-refractivity contribution in [3.05, 3.63) is 53.1 Å². The van der Waals surface area contributed by atoms with Gasteiger partial charge in [-0.1, -0.05) is 35.5 Å². The first-order valence-electron chi connectivity index (χ1n) is 9.54. The zero-order valence-corrected chi connectivity index (χ0v) is 19.3. The van der Waals surface area contributed by atoms with E-state index in [-0.39, 0.29) is 35.1 Å². The van der Waals surface area contributed by atoms with Crippen LogP contribution in [0.3, 0.4) is 0 Å². The van der Waals surface area contributed by atoms with Gasteiger partial charge in [0.1, 0.15) is 0 Å². The van der Waals surface area contributed by atoms with Crippen LogP contribution in [0.15, 0.2) is 47.5 Å². The highest BCUT2D eigenvalue weighted by molar-refractivity contribution is 8.16. The van der Waals surface area contributed by atoms with E-state index in [1.165, 1.54) is 18.9 Å². The molecule has 0 N–H and O–H groups in total. The fraction of sp³-hybridized carbons (Fsp3) is 0.333. The van der Waals surface area contributed by atoms with Gasteiger partial charge in [0.2, 0.25) is 0 Å². The summed E-state index contributed by atoms with van der Waals surface area (Å²) in [6, 6.07) is 12.1. The van der Waals surface area contributed by atoms with Crippen molar-refractivity contribution >= 4 is 50.0 Å². The molecule has 2 fully saturated rings. The van der Waals surface area contributed by atoms with Gasteiger partial charge in [-0.3, -0.25) is 4.79 Å². The summed E-state index contributed by atoms with van der Waals surface area (Å²) >= 11 is 7.49. The molecule has 7 nitrogen and oxygen atoms in total. The number of aliphatic imine (C=N–C) groups is 1. The molecule has 0 unspecified atom stereocenters. The lowest BCUT2D eigenvalue weighted by Crippen LogP contribution is -2.37. The fourth-order valence-corrected chi connectivity index (χ4v) is 7.92. The second-order valence-corrected chi connectivity index (χ2v) is 11.1. The number of carbonyl (C=O) groups is 1. The predicted octanol–water partition coefficient (Wildman–Crippen LogP) is 3.20. The molecule has 2 aromatic carbocycles. The Bertz CT molecular complexity index is 1150. The number of methoxy groups -OCH3 is 2. The molecule has 0 radical (unpaired) electrons. The molecule has 0 bridgehead atoms. The SMILES string of the molecule is COc1ccc(CC(=O)N=C2S[C@H]3CS(=O)(=O)C[C@@H]3N2c2cccc(Cl)c2)cc1OC. The van der Waals surface area contributed by atoms with Gasteiger partial charge in [-0.2, -0.15) is 4.99 Å². The molecule has 4 rings (SSSR count). The van der Waals surface area contributed by atoms with Gasteiger partial charge in [0.05, 0.1) is 38.2 Å². The molecule has 2 aromatic rings. The van der Waals surface area contributed by atoms with E-state index < -0.39 is 9.84 Å². The van der Waals surface area contributed by atoms with Gasteiger partial charge in [-0.25, -0.2) is 8.42 Å². The number of rotatable bonds is 5. The summed E-state index contributed by atoms with van der Waals surface area (Å²) in [5.74, 6) is 0.889. The van der Waals surface area contributed by atoms with E-state index in [0.29, 0.717) is 21.7 Å². The molecule has 0 aliphatic carbocycles. The first-order chi connectivity index (χ1) is 14.8. The Balaban J connectivity index is 1.61. The third-order valence-electron chi connectivity index (χ3n) is 5.18. The predicted molar refractivity (Wildman–Crippen MR) is 123 cm³/mol. The minimum absolute atomic E-state index is 0.0278. The van der Waals surface area contributed by atoms with Crippen LogP contribution in [0.4, 0.5) is 5.69 Å². The smallest absolute Gasteiger partial charge is 0.252 e. The largest absolute Gasteiger partial charge is 0.493 e. The standard InChI is InChI=1S/C21H21ClN2O5S2/c1-28-17-7-6-13(8-18(17)29-2)9-20(25)23-21-24(15-5-3-4-14(22)10-15)16-11-31(26,27)12-19(16)30-21/h3-8,10,16,19H,9,11-12H2,1-2H3/t16-,19-/m0/s1. The van der Waals surface area contributed by atoms with Crippen molar-refractivity contribution in [2.24, 2.45) is 4.99 Å². The van der Waals surface area contributed by atoms with Crippen LogP contribution in [-0.2, 0) is 21.1 Å². The minimum Gasteiger partial charge on any atom is -0.493 e. The lowest BCUT2D eigenvalue weighted by atomic mass is 10.1. The number of anilines is 1. The first-order valence-corrected chi connectivity index (χ1v) is 12.6. The highest BCUT2D eigenvalue weighted by atomic mass is 35.5. The van der Waals surface area contributed by atoms with Crippen molar-refractivity contribution in [3.63, 3.8) is 0 Å². The average molecular weight is 481 g/mol. The summed E-state index contributed by atoms with van der Waals surface area (Å²) in [6.45, 7) is 0. The second kappa shape index (κ2) is 8.72. The molecule has 31 heavy (non-hydrogen) atoms. The Morgan fingerprint density at radius 3 is 2.65 bits per heavy atom. The van der Waals surface area contributed by atoms with Crippen molar-refractivity contribution in [2.45, 2.75) is 17.7 Å². The third-order valence-corrected chi connectivity index (χ3v) is 8.62. The number of halogens is 1. The Morgan fingerprint density at radius 2 is 1.94 bits per heavy atom. The number of amidine groups is 1. The van der Waals surface area contributed by atoms with Crippen LogP contribution in [0, 0.1) is 0 Å². The molecular formula is C21H21ClN2O5S2. The van der Waals surface area contributed by atoms with E-state index in [4.69, 9.17) is 21.1 Å². The van der Waals surface area contributed by atoms with Crippen LogP contribution < -0.4 is 14.4 Å². The molecule has 0 aromatic heterocycles. The summed E-state index contributed by atoms with van der Waals surface area (Å²) in [5, 5.41) is 0.858. The zero-order chi connectivity index (χ0) is 22.2. The van der Waals surface area contributed by atoms with E-state index in [0.717, 1.165) is 11.3 Å². The number of hydrogen-bond acceptors (Lipinski definition) is 6. The highest BCUT2D eigenvalue weighted by Gasteiger charge is 2.49. The monoisotopic (exact) mass is 480 g/mol. The molecule has 1 amide bonds. The normalized spacial score (nSPS) is 23.1. The van der Waals surface area contributed by atoms with Crippen LogP contribution in [0.25, 0.3) is 0 Å². The van der Waals surface area contributed by atoms with Gasteiger partial charge < -0.3 is 14.4 Å². The Labute approximate surface area is 190 Å². The van der Waals surface area contributed by atoms with E-state index in [2.05, 4.69) is 4.99 Å². The van der Waals surface area contributed by atoms with Crippen molar-refractivity contribution in [1.29, 1.82) is 0 Å². The molecule has 2 heterocycles. The van der Waals surface area contributed by atoms with Gasteiger partial charge in [0.25, 0.3) is 5.91 Å². The summed E-state index contributed by atoms with van der Waals surface area (Å²) in [4.78, 5) is 18.9. The maximum Gasteiger partial charge on any atom is 0.252 e. The summed E-state index contributed by atoms with van der Waals surface area (Å²) in [5.41, 5.74) is 1.47. The number of ether oxygens (including phenoxy) is 2. The van der Waals surface area contributed by atoms with E-state index in [1.54, 1.807) is 43.5 Å². The lowest BCUT2D eigenvalue weighted by Gasteiger charge is -2.24. The van der Waals surface area contributed by atoms with Crippen molar-refractivity contribution < 1.29 is 22.7 Å². The summed E-state index contributed by atoms with van der Waals surface area (Å²) < 4.78 is 34.9. The lowest BCUT2D eigenvalue weighted by molar-refractivity contribution is -0.117. The summed E-state index contributed by atoms with van der Waals surface area (Å²) in [6.07, 6.45) is 0.0848. The van der Waals surface area contributed by atoms with Gasteiger partial charge in [0, 0.05) is 16.0 Å². The molecular weight excluding hydrogens is 460 g/mol. The van der Waals surface area contributed by atoms with E-state index >= 15 is 0 Å². The highest BCUT2D eigenvalue weighted by Crippen LogP contribution is 2.41. The van der Waals surface area contributed by atoms with Crippen LogP contribution in [-0.4, -0.2) is 56.5 Å². The molecule has 2 aliphatic heterocycles. The Kier molecular flexibility index (Phi) is 6.18. The van der Waals surface area contributed by atoms with Crippen molar-refractivity contribution in [2.75, 3.05) is 30.6 Å². The summed E-state index contributed by atoms with van der Waals surface area (Å²) in [7, 11) is -0.0472. The van der Waals surface area contributed by atoms with Gasteiger partial charge in [-0.15, -0.1) is 0 Å². The number of sulfone groups is 1. The van der Waals surface area contributed by atoms with Crippen molar-refractivity contribution in [3.8, 4) is 11.5 Å². The molecule has 2 aliphatic rings. The van der Waals surface area contributed by atoms with Crippen molar-refractivity contribution in [1.82, 2.24) is 0 Å². The molecule has 0 spiro atoms. The maximum absolute atomic E-state index is 12.8. The number of amides is 1. The number of nitrogens with zero attached hydrogens (tertiary/aromatic N) is 2. The topological polar surface area (TPSA) is 85.3 Å². The van der Waals surface area contributed by atoms with Crippen LogP contribution in [0.1, 0.15) is 5.56 Å². The van der Waals surface area contributed by atoms with Gasteiger partial charge >= 0.3 is 0 Å².